The van der Waals surface area contributed by atoms with Gasteiger partial charge in [0.05, 0.1) is 6.61 Å². The van der Waals surface area contributed by atoms with Crippen molar-refractivity contribution >= 4 is 12.2 Å². The zero-order chi connectivity index (χ0) is 15.5. The Morgan fingerprint density at radius 2 is 2.10 bits per heavy atom. The number of amides is 1. The molecular formula is C17H23NO3. The van der Waals surface area contributed by atoms with Gasteiger partial charge in [-0.15, -0.1) is 0 Å². The molecular weight excluding hydrogens is 266 g/mol. The van der Waals surface area contributed by atoms with Crippen LogP contribution in [0, 0.1) is 5.92 Å². The molecule has 0 aliphatic carbocycles. The third-order valence-electron chi connectivity index (χ3n) is 3.87. The minimum Gasteiger partial charge on any atom is -0.493 e. The zero-order valence-corrected chi connectivity index (χ0v) is 13.0. The number of para-hydroxylation sites is 1. The summed E-state index contributed by atoms with van der Waals surface area (Å²) < 4.78 is 5.98. The Balaban J connectivity index is 1.96. The lowest BCUT2D eigenvalue weighted by Gasteiger charge is -2.23. The van der Waals surface area contributed by atoms with Crippen LogP contribution >= 0.6 is 0 Å². The maximum absolute atomic E-state index is 11.3. The molecule has 1 aliphatic heterocycles. The molecule has 1 amide bonds. The average Bonchev–Trinajstić information content (AvgIpc) is 2.92. The third-order valence-corrected chi connectivity index (χ3v) is 3.87. The normalized spacial score (nSPS) is 18.6. The van der Waals surface area contributed by atoms with Crippen LogP contribution in [0.25, 0.3) is 0 Å². The summed E-state index contributed by atoms with van der Waals surface area (Å²) in [5, 5.41) is 0. The lowest BCUT2D eigenvalue weighted by atomic mass is 9.86. The summed E-state index contributed by atoms with van der Waals surface area (Å²) in [6, 6.07) is 8.07. The van der Waals surface area contributed by atoms with E-state index >= 15 is 0 Å². The lowest BCUT2D eigenvalue weighted by Crippen LogP contribution is -2.30. The minimum atomic E-state index is -0.424. The number of nitrogens with zero attached hydrogens (tertiary/aromatic N) is 1. The van der Waals surface area contributed by atoms with Gasteiger partial charge in [0.1, 0.15) is 5.75 Å². The molecule has 4 nitrogen and oxygen atoms in total. The number of hydrogen-bond donors (Lipinski definition) is 0. The number of carbonyl (C=O) groups excluding carboxylic acids is 2. The fraction of sp³-hybridized carbons (Fsp3) is 0.529. The highest BCUT2D eigenvalue weighted by molar-refractivity contribution is 6.23. The maximum Gasteiger partial charge on any atom is 0.286 e. The zero-order valence-electron chi connectivity index (χ0n) is 13.0. The summed E-state index contributed by atoms with van der Waals surface area (Å²) in [5.41, 5.74) is 1.22. The standard InChI is InChI=1S/C17H23NO3/c1-17(2,3)14-6-4-5-7-15(14)21-12-13-8-9-18(10-13)16(20)11-19/h4-7,11,13H,8-10,12H2,1-3H3. The number of aldehydes is 1. The highest BCUT2D eigenvalue weighted by atomic mass is 16.5. The molecule has 0 N–H and O–H groups in total. The van der Waals surface area contributed by atoms with E-state index in [1.54, 1.807) is 4.90 Å². The number of likely N-dealkylation sites (tertiary alicyclic amines) is 1. The fourth-order valence-electron chi connectivity index (χ4n) is 2.66. The van der Waals surface area contributed by atoms with Crippen LogP contribution in [-0.4, -0.2) is 36.8 Å². The van der Waals surface area contributed by atoms with Gasteiger partial charge in [-0.25, -0.2) is 0 Å². The summed E-state index contributed by atoms with van der Waals surface area (Å²) in [6.07, 6.45) is 1.27. The molecule has 1 fully saturated rings. The molecule has 0 radical (unpaired) electrons. The molecule has 1 atom stereocenters. The van der Waals surface area contributed by atoms with Crippen molar-refractivity contribution < 1.29 is 14.3 Å². The molecule has 0 saturated carbocycles. The molecule has 1 unspecified atom stereocenters. The first-order valence-electron chi connectivity index (χ1n) is 7.38. The molecule has 0 aromatic heterocycles. The van der Waals surface area contributed by atoms with Gasteiger partial charge >= 0.3 is 0 Å². The smallest absolute Gasteiger partial charge is 0.286 e. The van der Waals surface area contributed by atoms with Crippen LogP contribution in [-0.2, 0) is 15.0 Å². The Kier molecular flexibility index (Phi) is 4.66. The SMILES string of the molecule is CC(C)(C)c1ccccc1OCC1CCN(C(=O)C=O)C1. The Labute approximate surface area is 126 Å². The monoisotopic (exact) mass is 289 g/mol. The molecule has 2 rings (SSSR count). The van der Waals surface area contributed by atoms with E-state index in [4.69, 9.17) is 4.74 Å². The minimum absolute atomic E-state index is 0.0335. The number of hydrogen-bond acceptors (Lipinski definition) is 3. The van der Waals surface area contributed by atoms with E-state index in [0.717, 1.165) is 12.2 Å². The van der Waals surface area contributed by atoms with Gasteiger partial charge in [-0.05, 0) is 23.5 Å². The molecule has 114 valence electrons. The third kappa shape index (κ3) is 3.84. The van der Waals surface area contributed by atoms with Crippen LogP contribution in [0.3, 0.4) is 0 Å². The van der Waals surface area contributed by atoms with Gasteiger partial charge < -0.3 is 9.64 Å². The van der Waals surface area contributed by atoms with Crippen molar-refractivity contribution in [2.45, 2.75) is 32.6 Å². The van der Waals surface area contributed by atoms with E-state index in [1.807, 2.05) is 18.2 Å². The van der Waals surface area contributed by atoms with Crippen LogP contribution < -0.4 is 4.74 Å². The maximum atomic E-state index is 11.3. The summed E-state index contributed by atoms with van der Waals surface area (Å²) in [4.78, 5) is 23.4. The van der Waals surface area contributed by atoms with E-state index in [0.29, 0.717) is 31.9 Å². The van der Waals surface area contributed by atoms with Gasteiger partial charge in [-0.1, -0.05) is 39.0 Å². The van der Waals surface area contributed by atoms with E-state index in [-0.39, 0.29) is 5.41 Å². The largest absolute Gasteiger partial charge is 0.493 e. The van der Waals surface area contributed by atoms with Crippen molar-refractivity contribution in [1.29, 1.82) is 0 Å². The highest BCUT2D eigenvalue weighted by Gasteiger charge is 2.27. The van der Waals surface area contributed by atoms with Gasteiger partial charge in [0.25, 0.3) is 5.91 Å². The molecule has 1 aliphatic rings. The molecule has 1 aromatic rings. The predicted octanol–water partition coefficient (Wildman–Crippen LogP) is 2.41. The van der Waals surface area contributed by atoms with Crippen molar-refractivity contribution in [3.8, 4) is 5.75 Å². The summed E-state index contributed by atoms with van der Waals surface area (Å²) in [5.74, 6) is 0.777. The Morgan fingerprint density at radius 1 is 1.38 bits per heavy atom. The van der Waals surface area contributed by atoms with E-state index in [9.17, 15) is 9.59 Å². The first-order valence-corrected chi connectivity index (χ1v) is 7.38. The second-order valence-electron chi connectivity index (χ2n) is 6.61. The van der Waals surface area contributed by atoms with Gasteiger partial charge in [-0.2, -0.15) is 0 Å². The lowest BCUT2D eigenvalue weighted by molar-refractivity contribution is -0.138. The summed E-state index contributed by atoms with van der Waals surface area (Å²) in [7, 11) is 0. The van der Waals surface area contributed by atoms with Crippen LogP contribution in [0.15, 0.2) is 24.3 Å². The quantitative estimate of drug-likeness (QED) is 0.631. The van der Waals surface area contributed by atoms with Gasteiger partial charge in [0.15, 0.2) is 0 Å². The Hall–Kier alpha value is -1.84. The van der Waals surface area contributed by atoms with Crippen LogP contribution in [0.1, 0.15) is 32.8 Å². The van der Waals surface area contributed by atoms with Gasteiger partial charge in [0, 0.05) is 19.0 Å². The number of ether oxygens (including phenoxy) is 1. The average molecular weight is 289 g/mol. The Morgan fingerprint density at radius 3 is 2.76 bits per heavy atom. The van der Waals surface area contributed by atoms with E-state index < -0.39 is 5.91 Å². The molecule has 1 heterocycles. The molecule has 0 bridgehead atoms. The molecule has 1 saturated heterocycles. The first-order chi connectivity index (χ1) is 9.91. The fourth-order valence-corrected chi connectivity index (χ4v) is 2.66. The van der Waals surface area contributed by atoms with E-state index in [2.05, 4.69) is 26.8 Å². The Bertz CT molecular complexity index is 519. The second-order valence-corrected chi connectivity index (χ2v) is 6.61. The summed E-state index contributed by atoms with van der Waals surface area (Å²) >= 11 is 0. The topological polar surface area (TPSA) is 46.6 Å². The van der Waals surface area contributed by atoms with E-state index in [1.165, 1.54) is 5.56 Å². The predicted molar refractivity (Wildman–Crippen MR) is 81.4 cm³/mol. The van der Waals surface area contributed by atoms with Gasteiger partial charge in [0.2, 0.25) is 6.29 Å². The van der Waals surface area contributed by atoms with Crippen LogP contribution in [0.2, 0.25) is 0 Å². The highest BCUT2D eigenvalue weighted by Crippen LogP contribution is 2.31. The van der Waals surface area contributed by atoms with Crippen molar-refractivity contribution in [3.05, 3.63) is 29.8 Å². The molecule has 1 aromatic carbocycles. The van der Waals surface area contributed by atoms with Crippen molar-refractivity contribution in [1.82, 2.24) is 4.90 Å². The van der Waals surface area contributed by atoms with Crippen molar-refractivity contribution in [3.63, 3.8) is 0 Å². The van der Waals surface area contributed by atoms with Crippen LogP contribution in [0.5, 0.6) is 5.75 Å². The number of carbonyl (C=O) groups is 2. The number of benzene rings is 1. The number of rotatable bonds is 4. The van der Waals surface area contributed by atoms with Gasteiger partial charge in [-0.3, -0.25) is 9.59 Å². The molecule has 21 heavy (non-hydrogen) atoms. The second kappa shape index (κ2) is 6.29. The van der Waals surface area contributed by atoms with Crippen molar-refractivity contribution in [2.75, 3.05) is 19.7 Å². The van der Waals surface area contributed by atoms with Crippen LogP contribution in [0.4, 0.5) is 0 Å². The van der Waals surface area contributed by atoms with Crippen molar-refractivity contribution in [2.24, 2.45) is 5.92 Å². The summed E-state index contributed by atoms with van der Waals surface area (Å²) in [6.45, 7) is 8.32. The molecule has 4 heteroatoms. The first kappa shape index (κ1) is 15.5. The molecule has 0 spiro atoms.